The molecular weight excluding hydrogens is 376 g/mol. The van der Waals surface area contributed by atoms with Gasteiger partial charge in [0.2, 0.25) is 5.91 Å². The van der Waals surface area contributed by atoms with E-state index in [1.165, 1.54) is 5.56 Å². The fourth-order valence-electron chi connectivity index (χ4n) is 3.57. The number of methoxy groups -OCH3 is 1. The van der Waals surface area contributed by atoms with Gasteiger partial charge in [0.15, 0.2) is 5.78 Å². The molecule has 0 fully saturated rings. The van der Waals surface area contributed by atoms with Crippen molar-refractivity contribution in [3.63, 3.8) is 0 Å². The van der Waals surface area contributed by atoms with Crippen LogP contribution in [0.4, 0.5) is 5.69 Å². The van der Waals surface area contributed by atoms with Crippen LogP contribution in [-0.2, 0) is 11.2 Å². The number of allylic oxidation sites excluding steroid dienone is 1. The molecule has 1 atom stereocenters. The quantitative estimate of drug-likeness (QED) is 0.533. The molecule has 1 amide bonds. The molecule has 5 heteroatoms. The highest BCUT2D eigenvalue weighted by Crippen LogP contribution is 2.32. The highest BCUT2D eigenvalue weighted by molar-refractivity contribution is 6.09. The number of carbonyl (C=O) groups excluding carboxylic acids is 2. The van der Waals surface area contributed by atoms with Gasteiger partial charge in [-0.3, -0.25) is 9.59 Å². The van der Waals surface area contributed by atoms with Crippen molar-refractivity contribution in [1.29, 1.82) is 0 Å². The zero-order chi connectivity index (χ0) is 21.9. The van der Waals surface area contributed by atoms with Gasteiger partial charge in [0.05, 0.1) is 7.11 Å². The van der Waals surface area contributed by atoms with Gasteiger partial charge in [0.25, 0.3) is 0 Å². The van der Waals surface area contributed by atoms with Crippen molar-refractivity contribution in [3.8, 4) is 5.75 Å². The first-order valence-electron chi connectivity index (χ1n) is 10.3. The zero-order valence-electron chi connectivity index (χ0n) is 18.3. The molecule has 2 aromatic rings. The molecule has 5 nitrogen and oxygen atoms in total. The first-order chi connectivity index (χ1) is 14.2. The van der Waals surface area contributed by atoms with Gasteiger partial charge >= 0.3 is 0 Å². The summed E-state index contributed by atoms with van der Waals surface area (Å²) in [4.78, 5) is 25.2. The second-order valence-electron chi connectivity index (χ2n) is 8.51. The molecule has 0 saturated carbocycles. The molecule has 1 aliphatic rings. The summed E-state index contributed by atoms with van der Waals surface area (Å²) >= 11 is 0. The molecule has 0 spiro atoms. The number of fused-ring (bicyclic) bond motifs is 1. The number of carbonyl (C=O) groups is 2. The van der Waals surface area contributed by atoms with E-state index in [9.17, 15) is 9.59 Å². The van der Waals surface area contributed by atoms with Crippen LogP contribution in [-0.4, -0.2) is 24.3 Å². The van der Waals surface area contributed by atoms with Crippen LogP contribution in [0.3, 0.4) is 0 Å². The third-order valence-corrected chi connectivity index (χ3v) is 5.46. The minimum Gasteiger partial charge on any atom is -0.497 e. The first kappa shape index (κ1) is 21.6. The highest BCUT2D eigenvalue weighted by Gasteiger charge is 2.28. The second kappa shape index (κ2) is 8.74. The van der Waals surface area contributed by atoms with Crippen LogP contribution in [0.5, 0.6) is 5.75 Å². The largest absolute Gasteiger partial charge is 0.497 e. The fourth-order valence-corrected chi connectivity index (χ4v) is 3.57. The van der Waals surface area contributed by atoms with Gasteiger partial charge in [-0.1, -0.05) is 32.0 Å². The van der Waals surface area contributed by atoms with Gasteiger partial charge in [-0.2, -0.15) is 0 Å². The predicted octanol–water partition coefficient (Wildman–Crippen LogP) is 4.83. The van der Waals surface area contributed by atoms with Gasteiger partial charge in [-0.25, -0.2) is 0 Å². The maximum Gasteiger partial charge on any atom is 0.227 e. The molecule has 0 bridgehead atoms. The highest BCUT2D eigenvalue weighted by atomic mass is 16.5. The Morgan fingerprint density at radius 3 is 2.70 bits per heavy atom. The van der Waals surface area contributed by atoms with Gasteiger partial charge in [-0.05, 0) is 56.5 Å². The topological polar surface area (TPSA) is 67.4 Å². The van der Waals surface area contributed by atoms with Crippen molar-refractivity contribution in [1.82, 2.24) is 5.32 Å². The Morgan fingerprint density at radius 1 is 1.23 bits per heavy atom. The Morgan fingerprint density at radius 2 is 2.00 bits per heavy atom. The van der Waals surface area contributed by atoms with E-state index in [1.54, 1.807) is 37.5 Å². The molecule has 1 unspecified atom stereocenters. The summed E-state index contributed by atoms with van der Waals surface area (Å²) in [7, 11) is 1.63. The summed E-state index contributed by atoms with van der Waals surface area (Å²) in [6.07, 6.45) is 3.25. The molecule has 0 aliphatic carbocycles. The molecule has 2 aromatic carbocycles. The third kappa shape index (κ3) is 4.90. The number of ether oxygens (including phenoxy) is 1. The van der Waals surface area contributed by atoms with E-state index in [2.05, 4.69) is 30.5 Å². The van der Waals surface area contributed by atoms with Crippen molar-refractivity contribution < 1.29 is 14.3 Å². The summed E-state index contributed by atoms with van der Waals surface area (Å²) in [5.74, 6) is 0.510. The van der Waals surface area contributed by atoms with Gasteiger partial charge in [-0.15, -0.1) is 0 Å². The van der Waals surface area contributed by atoms with Gasteiger partial charge in [0, 0.05) is 40.0 Å². The molecular formula is C25H30N2O3. The minimum atomic E-state index is -0.167. The Bertz CT molecular complexity index is 992. The van der Waals surface area contributed by atoms with E-state index in [4.69, 9.17) is 4.74 Å². The normalized spacial score (nSPS) is 16.9. The molecule has 0 radical (unpaired) electrons. The number of benzene rings is 2. The van der Waals surface area contributed by atoms with E-state index < -0.39 is 0 Å². The lowest BCUT2D eigenvalue weighted by Gasteiger charge is -2.35. The SMILES string of the molecule is CCC(C)C(=O)Nc1cccc(C(=O)/C=C2\NC(C)(C)Cc3ccc(OC)cc32)c1. The Labute approximate surface area is 178 Å². The summed E-state index contributed by atoms with van der Waals surface area (Å²) in [5, 5.41) is 6.38. The van der Waals surface area contributed by atoms with Crippen LogP contribution >= 0.6 is 0 Å². The van der Waals surface area contributed by atoms with E-state index in [0.29, 0.717) is 11.3 Å². The summed E-state index contributed by atoms with van der Waals surface area (Å²) < 4.78 is 5.37. The summed E-state index contributed by atoms with van der Waals surface area (Å²) in [6, 6.07) is 13.0. The van der Waals surface area contributed by atoms with Crippen LogP contribution in [0.1, 0.15) is 55.6 Å². The lowest BCUT2D eigenvalue weighted by Crippen LogP contribution is -2.43. The molecule has 30 heavy (non-hydrogen) atoms. The molecule has 0 saturated heterocycles. The van der Waals surface area contributed by atoms with Gasteiger partial charge < -0.3 is 15.4 Å². The van der Waals surface area contributed by atoms with Crippen molar-refractivity contribution in [3.05, 3.63) is 65.2 Å². The zero-order valence-corrected chi connectivity index (χ0v) is 18.3. The number of rotatable bonds is 6. The van der Waals surface area contributed by atoms with Crippen molar-refractivity contribution in [2.24, 2.45) is 5.92 Å². The van der Waals surface area contributed by atoms with Crippen molar-refractivity contribution >= 4 is 23.1 Å². The van der Waals surface area contributed by atoms with E-state index in [0.717, 1.165) is 29.9 Å². The van der Waals surface area contributed by atoms with Crippen molar-refractivity contribution in [2.45, 2.75) is 46.1 Å². The minimum absolute atomic E-state index is 0.0443. The molecule has 1 heterocycles. The molecule has 2 N–H and O–H groups in total. The maximum atomic E-state index is 13.1. The van der Waals surface area contributed by atoms with E-state index >= 15 is 0 Å². The van der Waals surface area contributed by atoms with E-state index in [1.807, 2.05) is 26.0 Å². The number of amides is 1. The second-order valence-corrected chi connectivity index (χ2v) is 8.51. The van der Waals surface area contributed by atoms with Gasteiger partial charge in [0.1, 0.15) is 5.75 Å². The summed E-state index contributed by atoms with van der Waals surface area (Å²) in [6.45, 7) is 8.09. The Hall–Kier alpha value is -3.08. The van der Waals surface area contributed by atoms with Crippen molar-refractivity contribution in [2.75, 3.05) is 12.4 Å². The average Bonchev–Trinajstić information content (AvgIpc) is 2.72. The van der Waals surface area contributed by atoms with E-state index in [-0.39, 0.29) is 23.1 Å². The molecule has 158 valence electrons. The smallest absolute Gasteiger partial charge is 0.227 e. The van der Waals surface area contributed by atoms with Crippen LogP contribution in [0.15, 0.2) is 48.5 Å². The standard InChI is InChI=1S/C25H30N2O3/c1-6-16(2)24(29)26-19-9-7-8-17(12-19)23(28)14-22-21-13-20(30-5)11-10-18(21)15-25(3,4)27-22/h7-14,16,27H,6,15H2,1-5H3,(H,26,29)/b22-14-. The molecule has 0 aromatic heterocycles. The molecule has 3 rings (SSSR count). The number of hydrogen-bond donors (Lipinski definition) is 2. The Balaban J connectivity index is 1.91. The maximum absolute atomic E-state index is 13.1. The van der Waals surface area contributed by atoms with Crippen LogP contribution in [0, 0.1) is 5.92 Å². The Kier molecular flexibility index (Phi) is 6.30. The van der Waals surface area contributed by atoms with Crippen LogP contribution in [0.2, 0.25) is 0 Å². The number of anilines is 1. The lowest BCUT2D eigenvalue weighted by atomic mass is 9.85. The third-order valence-electron chi connectivity index (χ3n) is 5.46. The number of hydrogen-bond acceptors (Lipinski definition) is 4. The first-order valence-corrected chi connectivity index (χ1v) is 10.3. The van der Waals surface area contributed by atoms with Crippen LogP contribution < -0.4 is 15.4 Å². The monoisotopic (exact) mass is 406 g/mol. The molecule has 1 aliphatic heterocycles. The lowest BCUT2D eigenvalue weighted by molar-refractivity contribution is -0.119. The fraction of sp³-hybridized carbons (Fsp3) is 0.360. The predicted molar refractivity (Wildman–Crippen MR) is 121 cm³/mol. The summed E-state index contributed by atoms with van der Waals surface area (Å²) in [5.41, 5.74) is 3.91. The number of ketones is 1. The average molecular weight is 407 g/mol. The van der Waals surface area contributed by atoms with Crippen LogP contribution in [0.25, 0.3) is 5.70 Å². The number of nitrogens with one attached hydrogen (secondary N) is 2.